The molecule has 2 aromatic carbocycles. The zero-order valence-electron chi connectivity index (χ0n) is 22.0. The fourth-order valence-corrected chi connectivity index (χ4v) is 4.94. The summed E-state index contributed by atoms with van der Waals surface area (Å²) in [7, 11) is 1.64. The first-order valence-corrected chi connectivity index (χ1v) is 12.5. The summed E-state index contributed by atoms with van der Waals surface area (Å²) in [4.78, 5) is 15.5. The molecule has 7 nitrogen and oxygen atoms in total. The largest absolute Gasteiger partial charge is 0.383 e. The molecule has 0 radical (unpaired) electrons. The normalized spacial score (nSPS) is 18.2. The maximum Gasteiger partial charge on any atom is 0.320 e. The number of nitrogens with one attached hydrogen (secondary N) is 2. The molecule has 2 N–H and O–H groups in total. The van der Waals surface area contributed by atoms with E-state index in [9.17, 15) is 13.6 Å². The van der Waals surface area contributed by atoms with E-state index < -0.39 is 11.6 Å². The standard InChI is InChI=1S/C28H35F2N5O2/c1-18-25(28(2,3)4)33-35(20-9-7-6-8-10-20)26(18)32-27(36)31-24-17-34(13-14-37-5)16-21(24)19-11-12-22(29)23(30)15-19/h6-12,15,21,24H,13-14,16-17H2,1-5H3,(H2,31,32,36)/t21-,24+/m0/s1. The number of likely N-dealkylation sites (tertiary alicyclic amines) is 1. The minimum atomic E-state index is -0.895. The van der Waals surface area contributed by atoms with Gasteiger partial charge in [0.15, 0.2) is 11.6 Å². The molecule has 1 saturated heterocycles. The number of para-hydroxylation sites is 1. The highest BCUT2D eigenvalue weighted by Crippen LogP contribution is 2.32. The third-order valence-electron chi connectivity index (χ3n) is 6.76. The number of methoxy groups -OCH3 is 1. The molecular weight excluding hydrogens is 476 g/mol. The van der Waals surface area contributed by atoms with Crippen molar-refractivity contribution in [2.45, 2.75) is 45.1 Å². The molecule has 0 spiro atoms. The number of amides is 2. The van der Waals surface area contributed by atoms with Crippen molar-refractivity contribution in [3.8, 4) is 5.69 Å². The molecule has 1 aromatic heterocycles. The Morgan fingerprint density at radius 2 is 1.84 bits per heavy atom. The van der Waals surface area contributed by atoms with Crippen LogP contribution in [0.25, 0.3) is 5.69 Å². The lowest BCUT2D eigenvalue weighted by molar-refractivity contribution is 0.159. The van der Waals surface area contributed by atoms with Gasteiger partial charge in [0.25, 0.3) is 0 Å². The zero-order valence-corrected chi connectivity index (χ0v) is 22.0. The molecule has 1 aliphatic heterocycles. The minimum Gasteiger partial charge on any atom is -0.383 e. The number of ether oxygens (including phenoxy) is 1. The fraction of sp³-hybridized carbons (Fsp3) is 0.429. The second-order valence-electron chi connectivity index (χ2n) is 10.6. The van der Waals surface area contributed by atoms with Crippen LogP contribution in [0.15, 0.2) is 48.5 Å². The van der Waals surface area contributed by atoms with Crippen LogP contribution >= 0.6 is 0 Å². The highest BCUT2D eigenvalue weighted by Gasteiger charge is 2.35. The molecule has 3 aromatic rings. The number of hydrogen-bond acceptors (Lipinski definition) is 4. The number of benzene rings is 2. The van der Waals surface area contributed by atoms with Gasteiger partial charge in [-0.1, -0.05) is 45.0 Å². The van der Waals surface area contributed by atoms with Crippen molar-refractivity contribution in [2.75, 3.05) is 38.7 Å². The lowest BCUT2D eigenvalue weighted by atomic mass is 9.90. The van der Waals surface area contributed by atoms with Crippen LogP contribution in [0.1, 0.15) is 43.5 Å². The smallest absolute Gasteiger partial charge is 0.320 e. The van der Waals surface area contributed by atoms with Gasteiger partial charge in [0, 0.05) is 43.6 Å². The lowest BCUT2D eigenvalue weighted by Gasteiger charge is -2.21. The van der Waals surface area contributed by atoms with E-state index in [0.29, 0.717) is 37.6 Å². The Hall–Kier alpha value is -3.30. The van der Waals surface area contributed by atoms with Crippen LogP contribution in [0.4, 0.5) is 19.4 Å². The van der Waals surface area contributed by atoms with Crippen molar-refractivity contribution in [3.63, 3.8) is 0 Å². The van der Waals surface area contributed by atoms with Gasteiger partial charge in [0.2, 0.25) is 0 Å². The van der Waals surface area contributed by atoms with Crippen molar-refractivity contribution in [2.24, 2.45) is 0 Å². The van der Waals surface area contributed by atoms with E-state index in [4.69, 9.17) is 9.84 Å². The molecule has 1 fully saturated rings. The summed E-state index contributed by atoms with van der Waals surface area (Å²) in [5.74, 6) is -1.40. The van der Waals surface area contributed by atoms with Crippen molar-refractivity contribution >= 4 is 11.8 Å². The molecule has 2 amide bonds. The maximum atomic E-state index is 14.0. The average Bonchev–Trinajstić information content (AvgIpc) is 3.40. The molecular formula is C28H35F2N5O2. The SMILES string of the molecule is COCCN1C[C@@H](NC(=O)Nc2c(C)c(C(C)(C)C)nn2-c2ccccc2)[C@H](c2ccc(F)c(F)c2)C1. The van der Waals surface area contributed by atoms with Crippen molar-refractivity contribution in [1.82, 2.24) is 20.0 Å². The number of urea groups is 1. The summed E-state index contributed by atoms with van der Waals surface area (Å²) < 4.78 is 34.6. The van der Waals surface area contributed by atoms with Crippen molar-refractivity contribution in [3.05, 3.63) is 77.0 Å². The predicted octanol–water partition coefficient (Wildman–Crippen LogP) is 4.99. The summed E-state index contributed by atoms with van der Waals surface area (Å²) in [5, 5.41) is 10.9. The van der Waals surface area contributed by atoms with E-state index in [1.54, 1.807) is 17.9 Å². The minimum absolute atomic E-state index is 0.206. The number of anilines is 1. The van der Waals surface area contributed by atoms with Crippen LogP contribution in [0.5, 0.6) is 0 Å². The van der Waals surface area contributed by atoms with Crippen LogP contribution in [0, 0.1) is 18.6 Å². The first-order chi connectivity index (χ1) is 17.6. The quantitative estimate of drug-likeness (QED) is 0.469. The van der Waals surface area contributed by atoms with Crippen molar-refractivity contribution in [1.29, 1.82) is 0 Å². The van der Waals surface area contributed by atoms with Gasteiger partial charge >= 0.3 is 6.03 Å². The van der Waals surface area contributed by atoms with Gasteiger partial charge in [-0.25, -0.2) is 18.3 Å². The van der Waals surface area contributed by atoms with Crippen LogP contribution < -0.4 is 10.6 Å². The Kier molecular flexibility index (Phi) is 7.94. The summed E-state index contributed by atoms with van der Waals surface area (Å²) in [6.07, 6.45) is 0. The van der Waals surface area contributed by atoms with Gasteiger partial charge < -0.3 is 10.1 Å². The van der Waals surface area contributed by atoms with E-state index in [-0.39, 0.29) is 23.4 Å². The molecule has 0 aliphatic carbocycles. The number of carbonyl (C=O) groups excluding carboxylic acids is 1. The molecule has 37 heavy (non-hydrogen) atoms. The second kappa shape index (κ2) is 11.0. The van der Waals surface area contributed by atoms with Crippen LogP contribution in [0.2, 0.25) is 0 Å². The number of nitrogens with zero attached hydrogens (tertiary/aromatic N) is 3. The predicted molar refractivity (Wildman–Crippen MR) is 140 cm³/mol. The van der Waals surface area contributed by atoms with Crippen LogP contribution in [-0.4, -0.2) is 60.1 Å². The van der Waals surface area contributed by atoms with Crippen LogP contribution in [-0.2, 0) is 10.2 Å². The first-order valence-electron chi connectivity index (χ1n) is 12.5. The molecule has 198 valence electrons. The Labute approximate surface area is 216 Å². The number of rotatable bonds is 7. The Morgan fingerprint density at radius 3 is 2.49 bits per heavy atom. The average molecular weight is 512 g/mol. The molecule has 2 heterocycles. The molecule has 4 rings (SSSR count). The lowest BCUT2D eigenvalue weighted by Crippen LogP contribution is -2.42. The number of hydrogen-bond donors (Lipinski definition) is 2. The van der Waals surface area contributed by atoms with Gasteiger partial charge in [-0.2, -0.15) is 5.10 Å². The molecule has 0 saturated carbocycles. The van der Waals surface area contributed by atoms with Gasteiger partial charge in [0.1, 0.15) is 5.82 Å². The maximum absolute atomic E-state index is 14.0. The Bertz CT molecular complexity index is 1240. The Morgan fingerprint density at radius 1 is 1.11 bits per heavy atom. The van der Waals surface area contributed by atoms with E-state index >= 15 is 0 Å². The van der Waals surface area contributed by atoms with E-state index in [1.807, 2.05) is 37.3 Å². The molecule has 9 heteroatoms. The fourth-order valence-electron chi connectivity index (χ4n) is 4.94. The van der Waals surface area contributed by atoms with Gasteiger partial charge in [-0.3, -0.25) is 10.2 Å². The monoisotopic (exact) mass is 511 g/mol. The molecule has 0 unspecified atom stereocenters. The number of aromatic nitrogens is 2. The third-order valence-corrected chi connectivity index (χ3v) is 6.76. The summed E-state index contributed by atoms with van der Waals surface area (Å²) >= 11 is 0. The Balaban J connectivity index is 1.60. The van der Waals surface area contributed by atoms with Gasteiger partial charge in [0.05, 0.1) is 24.0 Å². The highest BCUT2D eigenvalue weighted by molar-refractivity contribution is 5.90. The molecule has 2 atom stereocenters. The summed E-state index contributed by atoms with van der Waals surface area (Å²) in [5.41, 5.74) is 3.03. The highest BCUT2D eigenvalue weighted by atomic mass is 19.2. The first kappa shape index (κ1) is 26.8. The van der Waals surface area contributed by atoms with E-state index in [0.717, 1.165) is 23.0 Å². The van der Waals surface area contributed by atoms with Gasteiger partial charge in [-0.05, 0) is 36.8 Å². The van der Waals surface area contributed by atoms with Crippen LogP contribution in [0.3, 0.4) is 0 Å². The summed E-state index contributed by atoms with van der Waals surface area (Å²) in [6.45, 7) is 10.6. The number of halogens is 2. The van der Waals surface area contributed by atoms with E-state index in [1.165, 1.54) is 6.07 Å². The second-order valence-corrected chi connectivity index (χ2v) is 10.6. The summed E-state index contributed by atoms with van der Waals surface area (Å²) in [6, 6.07) is 12.9. The van der Waals surface area contributed by atoms with E-state index in [2.05, 4.69) is 36.3 Å². The molecule has 1 aliphatic rings. The number of carbonyl (C=O) groups is 1. The topological polar surface area (TPSA) is 71.4 Å². The van der Waals surface area contributed by atoms with Gasteiger partial charge in [-0.15, -0.1) is 0 Å². The third kappa shape index (κ3) is 5.99. The van der Waals surface area contributed by atoms with Crippen molar-refractivity contribution < 1.29 is 18.3 Å². The molecule has 0 bridgehead atoms. The zero-order chi connectivity index (χ0) is 26.7.